The van der Waals surface area contributed by atoms with Crippen LogP contribution in [-0.2, 0) is 4.74 Å². The van der Waals surface area contributed by atoms with Crippen LogP contribution in [0, 0.1) is 5.92 Å². The smallest absolute Gasteiger partial charge is 0.0897 e. The fourth-order valence-corrected chi connectivity index (χ4v) is 1.45. The molecule has 0 aromatic rings. The zero-order chi connectivity index (χ0) is 11.0. The van der Waals surface area contributed by atoms with Crippen molar-refractivity contribution in [2.24, 2.45) is 5.92 Å². The molecule has 2 N–H and O–H groups in total. The number of hydrogen-bond donors (Lipinski definition) is 2. The Hall–Kier alpha value is -0.120. The van der Waals surface area contributed by atoms with Crippen LogP contribution in [0.3, 0.4) is 0 Å². The van der Waals surface area contributed by atoms with Crippen LogP contribution < -0.4 is 5.32 Å². The van der Waals surface area contributed by atoms with Crippen LogP contribution in [0.1, 0.15) is 34.1 Å². The van der Waals surface area contributed by atoms with Gasteiger partial charge in [0.05, 0.1) is 12.7 Å². The van der Waals surface area contributed by atoms with E-state index in [4.69, 9.17) is 4.74 Å². The van der Waals surface area contributed by atoms with Gasteiger partial charge in [0.15, 0.2) is 0 Å². The minimum Gasteiger partial charge on any atom is -0.389 e. The maximum Gasteiger partial charge on any atom is 0.0897 e. The molecule has 0 amide bonds. The molecule has 0 rings (SSSR count). The summed E-state index contributed by atoms with van der Waals surface area (Å²) in [6, 6.07) is 0.492. The summed E-state index contributed by atoms with van der Waals surface area (Å²) in [5, 5.41) is 12.9. The molecule has 14 heavy (non-hydrogen) atoms. The van der Waals surface area contributed by atoms with Crippen molar-refractivity contribution in [2.45, 2.75) is 46.3 Å². The lowest BCUT2D eigenvalue weighted by molar-refractivity contribution is 0.0404. The Morgan fingerprint density at radius 3 is 2.36 bits per heavy atom. The van der Waals surface area contributed by atoms with Gasteiger partial charge in [-0.2, -0.15) is 0 Å². The summed E-state index contributed by atoms with van der Waals surface area (Å²) in [6.45, 7) is 10.2. The molecule has 86 valence electrons. The SMILES string of the molecule is CCOCC(O)CNC(CC)C(C)C. The van der Waals surface area contributed by atoms with E-state index >= 15 is 0 Å². The lowest BCUT2D eigenvalue weighted by atomic mass is 10.0. The Kier molecular flexibility index (Phi) is 8.14. The molecule has 0 fully saturated rings. The molecule has 0 heterocycles. The molecular formula is C11H25NO2. The highest BCUT2D eigenvalue weighted by atomic mass is 16.5. The Balaban J connectivity index is 3.57. The standard InChI is InChI=1S/C11H25NO2/c1-5-11(9(3)4)12-7-10(13)8-14-6-2/h9-13H,5-8H2,1-4H3. The second kappa shape index (κ2) is 8.21. The molecule has 0 aromatic carbocycles. The van der Waals surface area contributed by atoms with Gasteiger partial charge < -0.3 is 15.2 Å². The van der Waals surface area contributed by atoms with E-state index in [0.29, 0.717) is 31.7 Å². The fraction of sp³-hybridized carbons (Fsp3) is 1.00. The maximum absolute atomic E-state index is 9.52. The first-order valence-electron chi connectivity index (χ1n) is 5.60. The Bertz CT molecular complexity index is 128. The molecule has 3 heteroatoms. The van der Waals surface area contributed by atoms with Crippen LogP contribution in [-0.4, -0.2) is 37.0 Å². The predicted molar refractivity (Wildman–Crippen MR) is 59.4 cm³/mol. The quantitative estimate of drug-likeness (QED) is 0.626. The van der Waals surface area contributed by atoms with Crippen LogP contribution in [0.5, 0.6) is 0 Å². The number of rotatable bonds is 8. The first-order chi connectivity index (χ1) is 6.61. The molecule has 2 unspecified atom stereocenters. The van der Waals surface area contributed by atoms with Gasteiger partial charge in [0.25, 0.3) is 0 Å². The lowest BCUT2D eigenvalue weighted by Gasteiger charge is -2.22. The van der Waals surface area contributed by atoms with E-state index in [-0.39, 0.29) is 6.10 Å². The van der Waals surface area contributed by atoms with Gasteiger partial charge in [-0.1, -0.05) is 20.8 Å². The third-order valence-corrected chi connectivity index (χ3v) is 2.37. The van der Waals surface area contributed by atoms with Crippen molar-refractivity contribution in [2.75, 3.05) is 19.8 Å². The summed E-state index contributed by atoms with van der Waals surface area (Å²) >= 11 is 0. The zero-order valence-electron chi connectivity index (χ0n) is 9.92. The molecule has 0 aromatic heterocycles. The van der Waals surface area contributed by atoms with Gasteiger partial charge >= 0.3 is 0 Å². The lowest BCUT2D eigenvalue weighted by Crippen LogP contribution is -2.39. The highest BCUT2D eigenvalue weighted by molar-refractivity contribution is 4.70. The second-order valence-corrected chi connectivity index (χ2v) is 3.98. The summed E-state index contributed by atoms with van der Waals surface area (Å²) in [6.07, 6.45) is 0.710. The number of nitrogens with one attached hydrogen (secondary N) is 1. The minimum atomic E-state index is -0.386. The summed E-state index contributed by atoms with van der Waals surface area (Å²) in [5.74, 6) is 0.610. The summed E-state index contributed by atoms with van der Waals surface area (Å²) in [4.78, 5) is 0. The van der Waals surface area contributed by atoms with Gasteiger partial charge in [0.2, 0.25) is 0 Å². The maximum atomic E-state index is 9.52. The molecule has 0 spiro atoms. The van der Waals surface area contributed by atoms with Crippen LogP contribution >= 0.6 is 0 Å². The first-order valence-corrected chi connectivity index (χ1v) is 5.60. The molecule has 0 aliphatic carbocycles. The third kappa shape index (κ3) is 6.35. The Labute approximate surface area is 87.8 Å². The minimum absolute atomic E-state index is 0.386. The van der Waals surface area contributed by atoms with Crippen molar-refractivity contribution >= 4 is 0 Å². The van der Waals surface area contributed by atoms with E-state index < -0.39 is 0 Å². The van der Waals surface area contributed by atoms with Gasteiger partial charge in [0, 0.05) is 19.2 Å². The average molecular weight is 203 g/mol. The molecular weight excluding hydrogens is 178 g/mol. The average Bonchev–Trinajstić information content (AvgIpc) is 2.15. The molecule has 3 nitrogen and oxygen atoms in total. The normalized spacial score (nSPS) is 15.9. The van der Waals surface area contributed by atoms with Gasteiger partial charge in [0.1, 0.15) is 0 Å². The van der Waals surface area contributed by atoms with Crippen molar-refractivity contribution in [1.29, 1.82) is 0 Å². The summed E-state index contributed by atoms with van der Waals surface area (Å²) in [7, 11) is 0. The van der Waals surface area contributed by atoms with Crippen molar-refractivity contribution < 1.29 is 9.84 Å². The number of aliphatic hydroxyl groups excluding tert-OH is 1. The van der Waals surface area contributed by atoms with Crippen molar-refractivity contribution in [3.05, 3.63) is 0 Å². The van der Waals surface area contributed by atoms with E-state index in [9.17, 15) is 5.11 Å². The number of hydrogen-bond acceptors (Lipinski definition) is 3. The second-order valence-electron chi connectivity index (χ2n) is 3.98. The Morgan fingerprint density at radius 2 is 1.93 bits per heavy atom. The molecule has 0 saturated carbocycles. The van der Waals surface area contributed by atoms with E-state index in [1.807, 2.05) is 6.92 Å². The monoisotopic (exact) mass is 203 g/mol. The zero-order valence-corrected chi connectivity index (χ0v) is 9.92. The van der Waals surface area contributed by atoms with E-state index in [2.05, 4.69) is 26.1 Å². The molecule has 0 saturated heterocycles. The van der Waals surface area contributed by atoms with Gasteiger partial charge in [-0.25, -0.2) is 0 Å². The van der Waals surface area contributed by atoms with Crippen LogP contribution in [0.4, 0.5) is 0 Å². The number of ether oxygens (including phenoxy) is 1. The topological polar surface area (TPSA) is 41.5 Å². The predicted octanol–water partition coefficient (Wildman–Crippen LogP) is 1.41. The van der Waals surface area contributed by atoms with Crippen molar-refractivity contribution in [3.8, 4) is 0 Å². The first kappa shape index (κ1) is 13.9. The number of aliphatic hydroxyl groups is 1. The highest BCUT2D eigenvalue weighted by Gasteiger charge is 2.12. The summed E-state index contributed by atoms with van der Waals surface area (Å²) < 4.78 is 5.13. The fourth-order valence-electron chi connectivity index (χ4n) is 1.45. The van der Waals surface area contributed by atoms with Crippen molar-refractivity contribution in [1.82, 2.24) is 5.32 Å². The molecule has 0 bridgehead atoms. The van der Waals surface area contributed by atoms with Crippen molar-refractivity contribution in [3.63, 3.8) is 0 Å². The largest absolute Gasteiger partial charge is 0.389 e. The van der Waals surface area contributed by atoms with Gasteiger partial charge in [-0.3, -0.25) is 0 Å². The highest BCUT2D eigenvalue weighted by Crippen LogP contribution is 2.04. The van der Waals surface area contributed by atoms with E-state index in [1.54, 1.807) is 0 Å². The Morgan fingerprint density at radius 1 is 1.29 bits per heavy atom. The van der Waals surface area contributed by atoms with E-state index in [0.717, 1.165) is 6.42 Å². The molecule has 2 atom stereocenters. The summed E-state index contributed by atoms with van der Waals surface area (Å²) in [5.41, 5.74) is 0. The van der Waals surface area contributed by atoms with Crippen LogP contribution in [0.25, 0.3) is 0 Å². The van der Waals surface area contributed by atoms with Crippen LogP contribution in [0.2, 0.25) is 0 Å². The molecule has 0 aliphatic rings. The van der Waals surface area contributed by atoms with Gasteiger partial charge in [-0.05, 0) is 19.3 Å². The van der Waals surface area contributed by atoms with Crippen LogP contribution in [0.15, 0.2) is 0 Å². The van der Waals surface area contributed by atoms with E-state index in [1.165, 1.54) is 0 Å². The molecule has 0 radical (unpaired) electrons. The third-order valence-electron chi connectivity index (χ3n) is 2.37. The molecule has 0 aliphatic heterocycles. The van der Waals surface area contributed by atoms with Gasteiger partial charge in [-0.15, -0.1) is 0 Å².